The molecule has 3 atom stereocenters. The standard InChI is InChI=1S/C22H40O/c1-16-3-7-19(8-4-16)21-11-12-22(17(2)15-21)20-9-5-18(6-10-20)13-14-23/h16-23H,3-15H2,1-2H3. The highest BCUT2D eigenvalue weighted by Gasteiger charge is 2.37. The average molecular weight is 321 g/mol. The van der Waals surface area contributed by atoms with Crippen molar-refractivity contribution < 1.29 is 5.11 Å². The fourth-order valence-corrected chi connectivity index (χ4v) is 6.43. The summed E-state index contributed by atoms with van der Waals surface area (Å²) in [7, 11) is 0. The molecule has 3 fully saturated rings. The van der Waals surface area contributed by atoms with Gasteiger partial charge in [-0.15, -0.1) is 0 Å². The molecule has 0 amide bonds. The van der Waals surface area contributed by atoms with E-state index in [1.54, 1.807) is 0 Å². The molecule has 0 bridgehead atoms. The molecule has 0 aromatic carbocycles. The van der Waals surface area contributed by atoms with Gasteiger partial charge in [-0.1, -0.05) is 39.5 Å². The first-order valence-electron chi connectivity index (χ1n) is 10.8. The largest absolute Gasteiger partial charge is 0.396 e. The van der Waals surface area contributed by atoms with E-state index in [4.69, 9.17) is 5.11 Å². The monoisotopic (exact) mass is 320 g/mol. The Bertz CT molecular complexity index is 336. The van der Waals surface area contributed by atoms with Gasteiger partial charge in [0.2, 0.25) is 0 Å². The Balaban J connectivity index is 1.45. The summed E-state index contributed by atoms with van der Waals surface area (Å²) in [6.07, 6.45) is 17.3. The van der Waals surface area contributed by atoms with Gasteiger partial charge in [0, 0.05) is 6.61 Å². The molecule has 0 aromatic heterocycles. The highest BCUT2D eigenvalue weighted by molar-refractivity contribution is 4.88. The first-order valence-corrected chi connectivity index (χ1v) is 10.8. The first kappa shape index (κ1) is 17.8. The molecule has 3 unspecified atom stereocenters. The minimum Gasteiger partial charge on any atom is -0.396 e. The molecule has 0 aliphatic heterocycles. The summed E-state index contributed by atoms with van der Waals surface area (Å²) < 4.78 is 0. The molecular formula is C22H40O. The molecule has 23 heavy (non-hydrogen) atoms. The molecular weight excluding hydrogens is 280 g/mol. The number of aliphatic hydroxyl groups is 1. The van der Waals surface area contributed by atoms with Gasteiger partial charge in [-0.05, 0) is 92.8 Å². The van der Waals surface area contributed by atoms with Crippen molar-refractivity contribution in [1.82, 2.24) is 0 Å². The van der Waals surface area contributed by atoms with Crippen LogP contribution in [0, 0.1) is 41.4 Å². The summed E-state index contributed by atoms with van der Waals surface area (Å²) in [5.41, 5.74) is 0. The van der Waals surface area contributed by atoms with Gasteiger partial charge in [0.15, 0.2) is 0 Å². The van der Waals surface area contributed by atoms with E-state index in [0.717, 1.165) is 47.8 Å². The van der Waals surface area contributed by atoms with Gasteiger partial charge >= 0.3 is 0 Å². The van der Waals surface area contributed by atoms with Gasteiger partial charge in [-0.2, -0.15) is 0 Å². The fraction of sp³-hybridized carbons (Fsp3) is 1.00. The summed E-state index contributed by atoms with van der Waals surface area (Å²) in [5, 5.41) is 9.14. The highest BCUT2D eigenvalue weighted by atomic mass is 16.3. The van der Waals surface area contributed by atoms with E-state index in [1.807, 2.05) is 0 Å². The Morgan fingerprint density at radius 3 is 1.91 bits per heavy atom. The zero-order valence-electron chi connectivity index (χ0n) is 15.7. The number of hydrogen-bond acceptors (Lipinski definition) is 1. The van der Waals surface area contributed by atoms with Gasteiger partial charge in [0.25, 0.3) is 0 Å². The molecule has 1 nitrogen and oxygen atoms in total. The SMILES string of the molecule is CC1CCC(C2CCC(C3CCC(CCO)CC3)C(C)C2)CC1. The topological polar surface area (TPSA) is 20.2 Å². The van der Waals surface area contributed by atoms with Crippen molar-refractivity contribution in [2.45, 2.75) is 90.9 Å². The average Bonchev–Trinajstić information content (AvgIpc) is 2.57. The predicted octanol–water partition coefficient (Wildman–Crippen LogP) is 6.05. The molecule has 1 N–H and O–H groups in total. The molecule has 3 aliphatic carbocycles. The van der Waals surface area contributed by atoms with E-state index in [9.17, 15) is 0 Å². The van der Waals surface area contributed by atoms with E-state index in [-0.39, 0.29) is 0 Å². The van der Waals surface area contributed by atoms with Crippen LogP contribution in [0.1, 0.15) is 90.9 Å². The van der Waals surface area contributed by atoms with Crippen LogP contribution in [0.25, 0.3) is 0 Å². The van der Waals surface area contributed by atoms with Gasteiger partial charge in [-0.3, -0.25) is 0 Å². The van der Waals surface area contributed by atoms with Crippen LogP contribution in [0.5, 0.6) is 0 Å². The van der Waals surface area contributed by atoms with Crippen molar-refractivity contribution in [2.75, 3.05) is 6.61 Å². The van der Waals surface area contributed by atoms with Crippen LogP contribution in [0.2, 0.25) is 0 Å². The quantitative estimate of drug-likeness (QED) is 0.668. The molecule has 3 rings (SSSR count). The summed E-state index contributed by atoms with van der Waals surface area (Å²) in [6.45, 7) is 5.42. The predicted molar refractivity (Wildman–Crippen MR) is 98.3 cm³/mol. The fourth-order valence-electron chi connectivity index (χ4n) is 6.43. The lowest BCUT2D eigenvalue weighted by Crippen LogP contribution is -2.34. The summed E-state index contributed by atoms with van der Waals surface area (Å²) >= 11 is 0. The lowest BCUT2D eigenvalue weighted by Gasteiger charge is -2.44. The molecule has 1 heteroatoms. The molecule has 3 aliphatic rings. The van der Waals surface area contributed by atoms with Crippen LogP contribution in [-0.4, -0.2) is 11.7 Å². The maximum atomic E-state index is 9.14. The minimum absolute atomic E-state index is 0.400. The van der Waals surface area contributed by atoms with Crippen LogP contribution < -0.4 is 0 Å². The maximum absolute atomic E-state index is 9.14. The third-order valence-corrected chi connectivity index (χ3v) is 8.04. The van der Waals surface area contributed by atoms with Gasteiger partial charge in [0.1, 0.15) is 0 Å². The second-order valence-corrected chi connectivity index (χ2v) is 9.53. The van der Waals surface area contributed by atoms with Gasteiger partial charge < -0.3 is 5.11 Å². The Kier molecular flexibility index (Phi) is 6.46. The van der Waals surface area contributed by atoms with Crippen LogP contribution >= 0.6 is 0 Å². The highest BCUT2D eigenvalue weighted by Crippen LogP contribution is 2.48. The van der Waals surface area contributed by atoms with Crippen molar-refractivity contribution in [3.8, 4) is 0 Å². The van der Waals surface area contributed by atoms with Crippen molar-refractivity contribution in [2.24, 2.45) is 41.4 Å². The van der Waals surface area contributed by atoms with E-state index in [0.29, 0.717) is 6.61 Å². The smallest absolute Gasteiger partial charge is 0.0433 e. The van der Waals surface area contributed by atoms with Crippen LogP contribution in [-0.2, 0) is 0 Å². The molecule has 0 spiro atoms. The van der Waals surface area contributed by atoms with Crippen molar-refractivity contribution in [3.05, 3.63) is 0 Å². The maximum Gasteiger partial charge on any atom is 0.0433 e. The van der Waals surface area contributed by atoms with Crippen LogP contribution in [0.15, 0.2) is 0 Å². The number of aliphatic hydroxyl groups excluding tert-OH is 1. The molecule has 0 radical (unpaired) electrons. The second-order valence-electron chi connectivity index (χ2n) is 9.53. The number of hydrogen-bond donors (Lipinski definition) is 1. The Morgan fingerprint density at radius 1 is 0.696 bits per heavy atom. The first-order chi connectivity index (χ1) is 11.2. The van der Waals surface area contributed by atoms with E-state index in [1.165, 1.54) is 70.6 Å². The van der Waals surface area contributed by atoms with Crippen molar-refractivity contribution >= 4 is 0 Å². The lowest BCUT2D eigenvalue weighted by molar-refractivity contribution is 0.0618. The molecule has 0 aromatic rings. The third-order valence-electron chi connectivity index (χ3n) is 8.04. The van der Waals surface area contributed by atoms with Crippen molar-refractivity contribution in [3.63, 3.8) is 0 Å². The zero-order chi connectivity index (χ0) is 16.2. The molecule has 0 heterocycles. The molecule has 3 saturated carbocycles. The normalized spacial score (nSPS) is 45.8. The summed E-state index contributed by atoms with van der Waals surface area (Å²) in [6, 6.07) is 0. The van der Waals surface area contributed by atoms with Crippen molar-refractivity contribution in [1.29, 1.82) is 0 Å². The summed E-state index contributed by atoms with van der Waals surface area (Å²) in [4.78, 5) is 0. The molecule has 134 valence electrons. The zero-order valence-corrected chi connectivity index (χ0v) is 15.7. The number of rotatable bonds is 4. The van der Waals surface area contributed by atoms with E-state index in [2.05, 4.69) is 13.8 Å². The Labute approximate surface area is 144 Å². The van der Waals surface area contributed by atoms with Gasteiger partial charge in [0.05, 0.1) is 0 Å². The summed E-state index contributed by atoms with van der Waals surface area (Å²) in [5.74, 6) is 6.93. The van der Waals surface area contributed by atoms with Crippen LogP contribution in [0.3, 0.4) is 0 Å². The Morgan fingerprint density at radius 2 is 1.30 bits per heavy atom. The van der Waals surface area contributed by atoms with E-state index >= 15 is 0 Å². The van der Waals surface area contributed by atoms with Gasteiger partial charge in [-0.25, -0.2) is 0 Å². The molecule has 0 saturated heterocycles. The second kappa shape index (κ2) is 8.37. The van der Waals surface area contributed by atoms with E-state index < -0.39 is 0 Å². The third kappa shape index (κ3) is 4.53. The van der Waals surface area contributed by atoms with Crippen LogP contribution in [0.4, 0.5) is 0 Å². The minimum atomic E-state index is 0.400. The Hall–Kier alpha value is -0.0400. The lowest BCUT2D eigenvalue weighted by atomic mass is 9.61.